The van der Waals surface area contributed by atoms with E-state index >= 15 is 0 Å². The Morgan fingerprint density at radius 1 is 1.43 bits per heavy atom. The molecule has 2 rings (SSSR count). The number of fused-ring (bicyclic) bond motifs is 1. The second-order valence-electron chi connectivity index (χ2n) is 7.44. The topological polar surface area (TPSA) is 20.3 Å². The van der Waals surface area contributed by atoms with Gasteiger partial charge in [-0.1, -0.05) is 34.1 Å². The number of unbranched alkanes of at least 4 members (excludes halogenated alkanes) is 1. The summed E-state index contributed by atoms with van der Waals surface area (Å²) >= 11 is 1.79. The molecule has 1 unspecified atom stereocenters. The fourth-order valence-corrected chi connectivity index (χ4v) is 4.29. The van der Waals surface area contributed by atoms with Gasteiger partial charge in [-0.2, -0.15) is 0 Å². The van der Waals surface area contributed by atoms with Crippen LogP contribution in [0.15, 0.2) is 5.38 Å². The van der Waals surface area contributed by atoms with Gasteiger partial charge in [0, 0.05) is 23.8 Å². The zero-order valence-electron chi connectivity index (χ0n) is 14.2. The van der Waals surface area contributed by atoms with Gasteiger partial charge in [-0.05, 0) is 42.6 Å². The highest BCUT2D eigenvalue weighted by Gasteiger charge is 2.32. The average molecular weight is 308 g/mol. The van der Waals surface area contributed by atoms with Gasteiger partial charge < -0.3 is 4.90 Å². The molecule has 0 fully saturated rings. The van der Waals surface area contributed by atoms with E-state index in [1.165, 1.54) is 16.9 Å². The first-order valence-corrected chi connectivity index (χ1v) is 9.07. The van der Waals surface area contributed by atoms with Crippen molar-refractivity contribution in [1.29, 1.82) is 0 Å². The number of carbonyl (C=O) groups excluding carboxylic acids is 1. The summed E-state index contributed by atoms with van der Waals surface area (Å²) in [7, 11) is 1.93. The molecule has 118 valence electrons. The molecule has 0 saturated carbocycles. The van der Waals surface area contributed by atoms with Crippen LogP contribution in [0.3, 0.4) is 0 Å². The number of carbonyl (C=O) groups is 1. The fourth-order valence-electron chi connectivity index (χ4n) is 3.13. The molecule has 0 bridgehead atoms. The summed E-state index contributed by atoms with van der Waals surface area (Å²) in [5.74, 6) is 0.958. The van der Waals surface area contributed by atoms with E-state index in [1.54, 1.807) is 11.3 Å². The van der Waals surface area contributed by atoms with Crippen molar-refractivity contribution >= 4 is 17.2 Å². The van der Waals surface area contributed by atoms with Crippen LogP contribution in [-0.2, 0) is 12.8 Å². The van der Waals surface area contributed by atoms with Gasteiger partial charge in [0.1, 0.15) is 0 Å². The molecule has 1 aliphatic carbocycles. The Hall–Kier alpha value is -0.830. The SMILES string of the molecule is CCCCN(C)C(=O)c1csc2c1CCC(C(C)(C)C)C2. The van der Waals surface area contributed by atoms with E-state index in [4.69, 9.17) is 0 Å². The van der Waals surface area contributed by atoms with Crippen LogP contribution >= 0.6 is 11.3 Å². The van der Waals surface area contributed by atoms with E-state index in [0.29, 0.717) is 5.41 Å². The predicted molar refractivity (Wildman–Crippen MR) is 91.2 cm³/mol. The molecule has 0 saturated heterocycles. The monoisotopic (exact) mass is 307 g/mol. The molecular weight excluding hydrogens is 278 g/mol. The van der Waals surface area contributed by atoms with Crippen LogP contribution in [0, 0.1) is 11.3 Å². The molecule has 0 aromatic carbocycles. The fraction of sp³-hybridized carbons (Fsp3) is 0.722. The van der Waals surface area contributed by atoms with E-state index in [0.717, 1.165) is 43.7 Å². The lowest BCUT2D eigenvalue weighted by atomic mass is 9.72. The van der Waals surface area contributed by atoms with Crippen LogP contribution in [0.4, 0.5) is 0 Å². The first-order chi connectivity index (χ1) is 9.84. The van der Waals surface area contributed by atoms with Crippen molar-refractivity contribution in [3.63, 3.8) is 0 Å². The average Bonchev–Trinajstić information content (AvgIpc) is 2.85. The maximum Gasteiger partial charge on any atom is 0.254 e. The zero-order valence-corrected chi connectivity index (χ0v) is 15.0. The van der Waals surface area contributed by atoms with Crippen LogP contribution in [0.1, 0.15) is 67.8 Å². The van der Waals surface area contributed by atoms with Crippen LogP contribution in [0.2, 0.25) is 0 Å². The first kappa shape index (κ1) is 16.5. The second kappa shape index (κ2) is 6.51. The van der Waals surface area contributed by atoms with E-state index in [-0.39, 0.29) is 5.91 Å². The lowest BCUT2D eigenvalue weighted by molar-refractivity contribution is 0.0792. The molecule has 1 atom stereocenters. The Bertz CT molecular complexity index is 498. The molecular formula is C18H29NOS. The third-order valence-electron chi connectivity index (χ3n) is 4.80. The summed E-state index contributed by atoms with van der Waals surface area (Å²) in [6.45, 7) is 10.0. The molecule has 1 aliphatic rings. The van der Waals surface area contributed by atoms with E-state index in [2.05, 4.69) is 33.1 Å². The second-order valence-corrected chi connectivity index (χ2v) is 8.40. The standard InChI is InChI=1S/C18H29NOS/c1-6-7-10-19(5)17(20)15-12-21-16-11-13(18(2,3)4)8-9-14(15)16/h12-13H,6-11H2,1-5H3. The maximum absolute atomic E-state index is 12.6. The molecule has 1 heterocycles. The van der Waals surface area contributed by atoms with Gasteiger partial charge in [0.05, 0.1) is 5.56 Å². The number of thiophene rings is 1. The van der Waals surface area contributed by atoms with Gasteiger partial charge in [0.15, 0.2) is 0 Å². The largest absolute Gasteiger partial charge is 0.342 e. The molecule has 0 spiro atoms. The van der Waals surface area contributed by atoms with Crippen LogP contribution in [-0.4, -0.2) is 24.4 Å². The van der Waals surface area contributed by atoms with Crippen molar-refractivity contribution < 1.29 is 4.79 Å². The van der Waals surface area contributed by atoms with Crippen molar-refractivity contribution in [3.05, 3.63) is 21.4 Å². The van der Waals surface area contributed by atoms with Crippen LogP contribution in [0.25, 0.3) is 0 Å². The summed E-state index contributed by atoms with van der Waals surface area (Å²) < 4.78 is 0. The van der Waals surface area contributed by atoms with E-state index < -0.39 is 0 Å². The minimum atomic E-state index is 0.218. The number of hydrogen-bond acceptors (Lipinski definition) is 2. The van der Waals surface area contributed by atoms with E-state index in [9.17, 15) is 4.79 Å². The van der Waals surface area contributed by atoms with Crippen LogP contribution in [0.5, 0.6) is 0 Å². The molecule has 21 heavy (non-hydrogen) atoms. The number of rotatable bonds is 4. The summed E-state index contributed by atoms with van der Waals surface area (Å²) in [5.41, 5.74) is 2.68. The maximum atomic E-state index is 12.6. The van der Waals surface area contributed by atoms with Crippen molar-refractivity contribution in [2.75, 3.05) is 13.6 Å². The smallest absolute Gasteiger partial charge is 0.254 e. The number of hydrogen-bond donors (Lipinski definition) is 0. The highest BCUT2D eigenvalue weighted by molar-refractivity contribution is 7.10. The molecule has 0 radical (unpaired) electrons. The van der Waals surface area contributed by atoms with Gasteiger partial charge in [-0.25, -0.2) is 0 Å². The molecule has 2 nitrogen and oxygen atoms in total. The highest BCUT2D eigenvalue weighted by Crippen LogP contribution is 2.40. The Morgan fingerprint density at radius 3 is 2.76 bits per heavy atom. The Labute approximate surface area is 133 Å². The minimum Gasteiger partial charge on any atom is -0.342 e. The molecule has 1 aromatic rings. The van der Waals surface area contributed by atoms with Crippen molar-refractivity contribution in [1.82, 2.24) is 4.90 Å². The first-order valence-electron chi connectivity index (χ1n) is 8.19. The summed E-state index contributed by atoms with van der Waals surface area (Å²) in [5, 5.41) is 2.10. The molecule has 3 heteroatoms. The third kappa shape index (κ3) is 3.68. The van der Waals surface area contributed by atoms with Gasteiger partial charge in [-0.15, -0.1) is 11.3 Å². The normalized spacial score (nSPS) is 18.4. The van der Waals surface area contributed by atoms with Crippen molar-refractivity contribution in [2.45, 2.75) is 59.8 Å². The lowest BCUT2D eigenvalue weighted by Gasteiger charge is -2.34. The lowest BCUT2D eigenvalue weighted by Crippen LogP contribution is -2.30. The van der Waals surface area contributed by atoms with Gasteiger partial charge >= 0.3 is 0 Å². The predicted octanol–water partition coefficient (Wildman–Crippen LogP) is 4.77. The number of nitrogens with zero attached hydrogens (tertiary/aromatic N) is 1. The molecule has 1 amide bonds. The Balaban J connectivity index is 2.12. The molecule has 0 N–H and O–H groups in total. The summed E-state index contributed by atoms with van der Waals surface area (Å²) in [6, 6.07) is 0. The number of amides is 1. The molecule has 0 aliphatic heterocycles. The van der Waals surface area contributed by atoms with Gasteiger partial charge in [0.2, 0.25) is 0 Å². The van der Waals surface area contributed by atoms with Crippen molar-refractivity contribution in [2.24, 2.45) is 11.3 Å². The van der Waals surface area contributed by atoms with Gasteiger partial charge in [0.25, 0.3) is 5.91 Å². The van der Waals surface area contributed by atoms with Crippen LogP contribution < -0.4 is 0 Å². The third-order valence-corrected chi connectivity index (χ3v) is 5.86. The quantitative estimate of drug-likeness (QED) is 0.784. The van der Waals surface area contributed by atoms with Gasteiger partial charge in [-0.3, -0.25) is 4.79 Å². The highest BCUT2D eigenvalue weighted by atomic mass is 32.1. The summed E-state index contributed by atoms with van der Waals surface area (Å²) in [4.78, 5) is 15.9. The zero-order chi connectivity index (χ0) is 15.6. The Kier molecular flexibility index (Phi) is 5.13. The van der Waals surface area contributed by atoms with E-state index in [1.807, 2.05) is 11.9 Å². The Morgan fingerprint density at radius 2 is 2.14 bits per heavy atom. The van der Waals surface area contributed by atoms with Crippen molar-refractivity contribution in [3.8, 4) is 0 Å². The molecule has 1 aromatic heterocycles. The minimum absolute atomic E-state index is 0.218. The summed E-state index contributed by atoms with van der Waals surface area (Å²) in [6.07, 6.45) is 5.65.